The number of amides is 1. The quantitative estimate of drug-likeness (QED) is 0.159. The lowest BCUT2D eigenvalue weighted by Gasteiger charge is -2.10. The fourth-order valence-corrected chi connectivity index (χ4v) is 4.50. The van der Waals surface area contributed by atoms with Crippen molar-refractivity contribution in [2.24, 2.45) is 5.10 Å². The Hall–Kier alpha value is -2.60. The van der Waals surface area contributed by atoms with E-state index in [1.165, 1.54) is 6.21 Å². The molecule has 1 N–H and O–H groups in total. The van der Waals surface area contributed by atoms with E-state index in [2.05, 4.69) is 49.0 Å². The van der Waals surface area contributed by atoms with Crippen LogP contribution in [0, 0.1) is 3.57 Å². The summed E-state index contributed by atoms with van der Waals surface area (Å²) in [5, 5.41) is 4.76. The van der Waals surface area contributed by atoms with E-state index in [1.807, 2.05) is 13.0 Å². The molecule has 1 aromatic heterocycles. The van der Waals surface area contributed by atoms with Gasteiger partial charge in [0.25, 0.3) is 0 Å². The summed E-state index contributed by atoms with van der Waals surface area (Å²) < 4.78 is 22.8. The first kappa shape index (κ1) is 24.1. The van der Waals surface area contributed by atoms with Crippen LogP contribution in [0.25, 0.3) is 11.0 Å². The van der Waals surface area contributed by atoms with Crippen molar-refractivity contribution in [3.8, 4) is 11.5 Å². The van der Waals surface area contributed by atoms with Crippen LogP contribution in [0.4, 0.5) is 0 Å². The molecule has 0 saturated carbocycles. The minimum absolute atomic E-state index is 0.143. The Morgan fingerprint density at radius 2 is 1.97 bits per heavy atom. The van der Waals surface area contributed by atoms with Gasteiger partial charge in [0, 0.05) is 5.39 Å². The summed E-state index contributed by atoms with van der Waals surface area (Å²) in [5.41, 5.74) is 3.75. The minimum Gasteiger partial charge on any atom is -0.494 e. The number of carbonyl (C=O) groups excluding carboxylic acids is 2. The zero-order chi connectivity index (χ0) is 23.1. The van der Waals surface area contributed by atoms with Gasteiger partial charge in [0.05, 0.1) is 27.5 Å². The SMILES string of the molecule is CCOC(=O)COc1c(Br)cc(/C=N/NC(=O)c2cc3cc(OCC)ccc3o2)cc1I. The third-order valence-electron chi connectivity index (χ3n) is 4.06. The fourth-order valence-electron chi connectivity index (χ4n) is 2.74. The first-order chi connectivity index (χ1) is 15.4. The number of nitrogens with zero attached hydrogens (tertiary/aromatic N) is 1. The van der Waals surface area contributed by atoms with Gasteiger partial charge in [0.2, 0.25) is 0 Å². The summed E-state index contributed by atoms with van der Waals surface area (Å²) in [6, 6.07) is 10.6. The van der Waals surface area contributed by atoms with Crippen LogP contribution in [0.15, 0.2) is 50.4 Å². The second kappa shape index (κ2) is 11.3. The van der Waals surface area contributed by atoms with Crippen LogP contribution in [0.2, 0.25) is 0 Å². The second-order valence-corrected chi connectivity index (χ2v) is 8.37. The number of nitrogens with one attached hydrogen (secondary N) is 1. The molecule has 0 aliphatic heterocycles. The molecule has 1 heterocycles. The summed E-state index contributed by atoms with van der Waals surface area (Å²) in [4.78, 5) is 23.9. The van der Waals surface area contributed by atoms with Crippen molar-refractivity contribution in [1.29, 1.82) is 0 Å². The molecule has 3 aromatic rings. The largest absolute Gasteiger partial charge is 0.494 e. The molecule has 2 aromatic carbocycles. The number of hydrogen-bond donors (Lipinski definition) is 1. The van der Waals surface area contributed by atoms with E-state index < -0.39 is 11.9 Å². The van der Waals surface area contributed by atoms with E-state index in [4.69, 9.17) is 18.6 Å². The summed E-state index contributed by atoms with van der Waals surface area (Å²) in [5.74, 6) is 0.459. The lowest BCUT2D eigenvalue weighted by molar-refractivity contribution is -0.145. The van der Waals surface area contributed by atoms with Crippen LogP contribution in [-0.2, 0) is 9.53 Å². The summed E-state index contributed by atoms with van der Waals surface area (Å²) in [6.45, 7) is 4.30. The highest BCUT2D eigenvalue weighted by atomic mass is 127. The minimum atomic E-state index is -0.474. The van der Waals surface area contributed by atoms with Crippen molar-refractivity contribution in [3.63, 3.8) is 0 Å². The van der Waals surface area contributed by atoms with E-state index in [-0.39, 0.29) is 12.4 Å². The van der Waals surface area contributed by atoms with Gasteiger partial charge in [-0.15, -0.1) is 0 Å². The molecule has 1 amide bonds. The standard InChI is InChI=1S/C22H20BrIN2O6/c1-3-29-15-5-6-18-14(9-15)10-19(32-18)22(28)26-25-11-13-7-16(23)21(17(24)8-13)31-12-20(27)30-4-2/h5-11H,3-4,12H2,1-2H3,(H,26,28)/b25-11+. The third-order valence-corrected chi connectivity index (χ3v) is 5.45. The zero-order valence-electron chi connectivity index (χ0n) is 17.3. The molecular formula is C22H20BrIN2O6. The van der Waals surface area contributed by atoms with Gasteiger partial charge in [-0.25, -0.2) is 10.2 Å². The average Bonchev–Trinajstić information content (AvgIpc) is 3.17. The Morgan fingerprint density at radius 1 is 1.16 bits per heavy atom. The van der Waals surface area contributed by atoms with E-state index in [1.54, 1.807) is 37.3 Å². The molecule has 0 radical (unpaired) electrons. The maximum Gasteiger partial charge on any atom is 0.344 e. The van der Waals surface area contributed by atoms with Crippen LogP contribution in [0.3, 0.4) is 0 Å². The number of esters is 1. The highest BCUT2D eigenvalue weighted by Gasteiger charge is 2.13. The molecule has 0 atom stereocenters. The number of furan rings is 1. The van der Waals surface area contributed by atoms with Crippen LogP contribution in [0.5, 0.6) is 11.5 Å². The lowest BCUT2D eigenvalue weighted by Crippen LogP contribution is -2.16. The predicted molar refractivity (Wildman–Crippen MR) is 131 cm³/mol. The predicted octanol–water partition coefficient (Wildman–Crippen LogP) is 4.90. The first-order valence-electron chi connectivity index (χ1n) is 9.68. The number of rotatable bonds is 9. The van der Waals surface area contributed by atoms with Gasteiger partial charge < -0.3 is 18.6 Å². The van der Waals surface area contributed by atoms with Crippen LogP contribution < -0.4 is 14.9 Å². The number of benzene rings is 2. The Labute approximate surface area is 206 Å². The second-order valence-electron chi connectivity index (χ2n) is 6.35. The van der Waals surface area contributed by atoms with Crippen molar-refractivity contribution in [2.45, 2.75) is 13.8 Å². The van der Waals surface area contributed by atoms with Gasteiger partial charge in [0.15, 0.2) is 12.4 Å². The monoisotopic (exact) mass is 614 g/mol. The number of hydrogen-bond acceptors (Lipinski definition) is 7. The van der Waals surface area contributed by atoms with Gasteiger partial charge in [-0.3, -0.25) is 4.79 Å². The normalized spacial score (nSPS) is 11.0. The Morgan fingerprint density at radius 3 is 2.69 bits per heavy atom. The molecule has 8 nitrogen and oxygen atoms in total. The molecule has 0 saturated heterocycles. The van der Waals surface area contributed by atoms with E-state index in [0.29, 0.717) is 34.8 Å². The number of fused-ring (bicyclic) bond motifs is 1. The summed E-state index contributed by atoms with van der Waals surface area (Å²) in [6.07, 6.45) is 1.50. The van der Waals surface area contributed by atoms with Crippen molar-refractivity contribution >= 4 is 67.6 Å². The molecule has 168 valence electrons. The highest BCUT2D eigenvalue weighted by Crippen LogP contribution is 2.31. The van der Waals surface area contributed by atoms with E-state index in [9.17, 15) is 9.59 Å². The van der Waals surface area contributed by atoms with Crippen molar-refractivity contribution in [1.82, 2.24) is 5.43 Å². The maximum atomic E-state index is 12.4. The Bertz CT molecular complexity index is 1140. The van der Waals surface area contributed by atoms with Crippen molar-refractivity contribution in [3.05, 3.63) is 55.8 Å². The van der Waals surface area contributed by atoms with Crippen LogP contribution in [-0.4, -0.2) is 37.9 Å². The van der Waals surface area contributed by atoms with Gasteiger partial charge in [-0.05, 0) is 94.3 Å². The van der Waals surface area contributed by atoms with Crippen LogP contribution in [0.1, 0.15) is 30.0 Å². The van der Waals surface area contributed by atoms with Gasteiger partial charge >= 0.3 is 11.9 Å². The molecular weight excluding hydrogens is 595 g/mol. The first-order valence-corrected chi connectivity index (χ1v) is 11.6. The third kappa shape index (κ3) is 6.22. The van der Waals surface area contributed by atoms with Crippen LogP contribution >= 0.6 is 38.5 Å². The van der Waals surface area contributed by atoms with Gasteiger partial charge in [-0.2, -0.15) is 5.10 Å². The summed E-state index contributed by atoms with van der Waals surface area (Å²) in [7, 11) is 0. The molecule has 0 spiro atoms. The Balaban J connectivity index is 1.64. The number of carbonyl (C=O) groups is 2. The molecule has 0 fully saturated rings. The molecule has 0 bridgehead atoms. The van der Waals surface area contributed by atoms with Gasteiger partial charge in [0.1, 0.15) is 17.1 Å². The molecule has 0 unspecified atom stereocenters. The molecule has 0 aliphatic rings. The smallest absolute Gasteiger partial charge is 0.344 e. The lowest BCUT2D eigenvalue weighted by atomic mass is 10.2. The average molecular weight is 615 g/mol. The zero-order valence-corrected chi connectivity index (χ0v) is 21.1. The Kier molecular flexibility index (Phi) is 8.51. The summed E-state index contributed by atoms with van der Waals surface area (Å²) >= 11 is 5.51. The van der Waals surface area contributed by atoms with E-state index in [0.717, 1.165) is 14.5 Å². The maximum absolute atomic E-state index is 12.4. The molecule has 10 heteroatoms. The number of ether oxygens (including phenoxy) is 3. The highest BCUT2D eigenvalue weighted by molar-refractivity contribution is 14.1. The number of halogens is 2. The topological polar surface area (TPSA) is 99.4 Å². The van der Waals surface area contributed by atoms with Gasteiger partial charge in [-0.1, -0.05) is 0 Å². The van der Waals surface area contributed by atoms with E-state index >= 15 is 0 Å². The van der Waals surface area contributed by atoms with Crippen molar-refractivity contribution in [2.75, 3.05) is 19.8 Å². The fraction of sp³-hybridized carbons (Fsp3) is 0.227. The molecule has 0 aliphatic carbocycles. The number of hydrazone groups is 1. The molecule has 32 heavy (non-hydrogen) atoms. The molecule has 3 rings (SSSR count). The van der Waals surface area contributed by atoms with Crippen molar-refractivity contribution < 1.29 is 28.2 Å².